The Bertz CT molecular complexity index is 419. The van der Waals surface area contributed by atoms with E-state index in [0.717, 1.165) is 19.4 Å². The first kappa shape index (κ1) is 16.5. The fourth-order valence-corrected chi connectivity index (χ4v) is 2.21. The molecule has 0 radical (unpaired) electrons. The summed E-state index contributed by atoms with van der Waals surface area (Å²) in [5.41, 5.74) is 2.61. The molecule has 1 aromatic carbocycles. The molecule has 0 unspecified atom stereocenters. The summed E-state index contributed by atoms with van der Waals surface area (Å²) < 4.78 is 5.69. The average molecular weight is 279 g/mol. The maximum absolute atomic E-state index is 11.4. The number of carbonyl (C=O) groups excluding carboxylic acids is 1. The second-order valence-electron chi connectivity index (χ2n) is 4.80. The van der Waals surface area contributed by atoms with Crippen molar-refractivity contribution in [3.8, 4) is 5.75 Å². The van der Waals surface area contributed by atoms with Crippen molar-refractivity contribution in [2.45, 2.75) is 32.7 Å². The van der Waals surface area contributed by atoms with Crippen LogP contribution in [0, 0.1) is 0 Å². The van der Waals surface area contributed by atoms with Gasteiger partial charge >= 0.3 is 0 Å². The van der Waals surface area contributed by atoms with Crippen LogP contribution in [0.3, 0.4) is 0 Å². The Morgan fingerprint density at radius 1 is 1.40 bits per heavy atom. The first-order valence-electron chi connectivity index (χ1n) is 7.06. The molecule has 0 spiro atoms. The van der Waals surface area contributed by atoms with Crippen LogP contribution >= 0.6 is 0 Å². The molecule has 0 saturated carbocycles. The molecule has 1 rings (SSSR count). The summed E-state index contributed by atoms with van der Waals surface area (Å²) in [6, 6.07) is 7.60. The number of hydrazine groups is 1. The van der Waals surface area contributed by atoms with E-state index in [4.69, 9.17) is 10.6 Å². The number of benzene rings is 1. The highest BCUT2D eigenvalue weighted by molar-refractivity contribution is 5.94. The van der Waals surface area contributed by atoms with Crippen LogP contribution in [0.2, 0.25) is 0 Å². The van der Waals surface area contributed by atoms with E-state index in [-0.39, 0.29) is 5.91 Å². The van der Waals surface area contributed by atoms with Crippen LogP contribution in [0.25, 0.3) is 0 Å². The molecule has 0 aliphatic heterocycles. The summed E-state index contributed by atoms with van der Waals surface area (Å²) in [6.07, 6.45) is 2.28. The largest absolute Gasteiger partial charge is 0.492 e. The summed E-state index contributed by atoms with van der Waals surface area (Å²) in [6.45, 7) is 5.85. The third-order valence-corrected chi connectivity index (χ3v) is 3.51. The fourth-order valence-electron chi connectivity index (χ4n) is 2.21. The van der Waals surface area contributed by atoms with Crippen molar-refractivity contribution in [1.29, 1.82) is 0 Å². The first-order valence-corrected chi connectivity index (χ1v) is 7.06. The van der Waals surface area contributed by atoms with E-state index in [2.05, 4.69) is 31.2 Å². The van der Waals surface area contributed by atoms with Crippen LogP contribution < -0.4 is 16.0 Å². The molecule has 1 aromatic rings. The van der Waals surface area contributed by atoms with Gasteiger partial charge in [0.2, 0.25) is 0 Å². The van der Waals surface area contributed by atoms with Crippen LogP contribution in [0.1, 0.15) is 37.0 Å². The summed E-state index contributed by atoms with van der Waals surface area (Å²) in [5.74, 6) is 5.48. The second kappa shape index (κ2) is 8.55. The number of ether oxygens (including phenoxy) is 1. The lowest BCUT2D eigenvalue weighted by Gasteiger charge is -2.25. The van der Waals surface area contributed by atoms with E-state index in [0.29, 0.717) is 24.0 Å². The minimum atomic E-state index is -0.315. The van der Waals surface area contributed by atoms with E-state index in [9.17, 15) is 4.79 Å². The van der Waals surface area contributed by atoms with Crippen LogP contribution in [0.5, 0.6) is 5.75 Å². The molecule has 3 N–H and O–H groups in total. The van der Waals surface area contributed by atoms with E-state index < -0.39 is 0 Å². The molecule has 0 bridgehead atoms. The predicted molar refractivity (Wildman–Crippen MR) is 80.6 cm³/mol. The van der Waals surface area contributed by atoms with Crippen molar-refractivity contribution >= 4 is 5.91 Å². The Morgan fingerprint density at radius 2 is 2.10 bits per heavy atom. The molecule has 5 nitrogen and oxygen atoms in total. The molecule has 0 aliphatic carbocycles. The minimum absolute atomic E-state index is 0.315. The maximum atomic E-state index is 11.4. The SMILES string of the molecule is CCC(CC)N(C)CCOc1cccc(C(=O)NN)c1. The number of amides is 1. The number of nitrogens with one attached hydrogen (secondary N) is 1. The van der Waals surface area contributed by atoms with Gasteiger partial charge in [-0.1, -0.05) is 19.9 Å². The van der Waals surface area contributed by atoms with Gasteiger partial charge in [0.05, 0.1) is 0 Å². The second-order valence-corrected chi connectivity index (χ2v) is 4.80. The van der Waals surface area contributed by atoms with Gasteiger partial charge in [0.15, 0.2) is 0 Å². The van der Waals surface area contributed by atoms with Gasteiger partial charge in [0.1, 0.15) is 12.4 Å². The highest BCUT2D eigenvalue weighted by Crippen LogP contribution is 2.13. The summed E-state index contributed by atoms with van der Waals surface area (Å²) in [4.78, 5) is 13.7. The van der Waals surface area contributed by atoms with Crippen molar-refractivity contribution in [3.05, 3.63) is 29.8 Å². The molecule has 0 atom stereocenters. The third kappa shape index (κ3) is 4.83. The maximum Gasteiger partial charge on any atom is 0.265 e. The van der Waals surface area contributed by atoms with E-state index in [1.165, 1.54) is 0 Å². The zero-order valence-corrected chi connectivity index (χ0v) is 12.6. The smallest absolute Gasteiger partial charge is 0.265 e. The number of hydrogen-bond donors (Lipinski definition) is 2. The van der Waals surface area contributed by atoms with Gasteiger partial charge in [-0.3, -0.25) is 10.2 Å². The standard InChI is InChI=1S/C15H25N3O2/c1-4-13(5-2)18(3)9-10-20-14-8-6-7-12(11-14)15(19)17-16/h6-8,11,13H,4-5,9-10,16H2,1-3H3,(H,17,19). The number of nitrogens with two attached hydrogens (primary N) is 1. The number of rotatable bonds is 8. The summed E-state index contributed by atoms with van der Waals surface area (Å²) >= 11 is 0. The van der Waals surface area contributed by atoms with Gasteiger partial charge in [-0.15, -0.1) is 0 Å². The lowest BCUT2D eigenvalue weighted by Crippen LogP contribution is -2.34. The molecule has 0 aromatic heterocycles. The van der Waals surface area contributed by atoms with Crippen molar-refractivity contribution in [2.24, 2.45) is 5.84 Å². The van der Waals surface area contributed by atoms with Crippen molar-refractivity contribution in [2.75, 3.05) is 20.2 Å². The fraction of sp³-hybridized carbons (Fsp3) is 0.533. The molecular formula is C15H25N3O2. The Balaban J connectivity index is 2.48. The molecule has 0 heterocycles. The summed E-state index contributed by atoms with van der Waals surface area (Å²) in [5, 5.41) is 0. The lowest BCUT2D eigenvalue weighted by molar-refractivity contribution is 0.0953. The van der Waals surface area contributed by atoms with E-state index in [1.807, 2.05) is 6.07 Å². The monoisotopic (exact) mass is 279 g/mol. The van der Waals surface area contributed by atoms with Crippen molar-refractivity contribution in [3.63, 3.8) is 0 Å². The molecule has 112 valence electrons. The van der Waals surface area contributed by atoms with Crippen LogP contribution in [-0.4, -0.2) is 37.0 Å². The Labute approximate surface area is 121 Å². The van der Waals surface area contributed by atoms with E-state index >= 15 is 0 Å². The molecular weight excluding hydrogens is 254 g/mol. The number of hydrogen-bond acceptors (Lipinski definition) is 4. The van der Waals surface area contributed by atoms with Gasteiger partial charge in [0, 0.05) is 18.2 Å². The normalized spacial score (nSPS) is 10.9. The molecule has 0 aliphatic rings. The molecule has 0 saturated heterocycles. The van der Waals surface area contributed by atoms with E-state index in [1.54, 1.807) is 18.2 Å². The third-order valence-electron chi connectivity index (χ3n) is 3.51. The number of nitrogens with zero attached hydrogens (tertiary/aromatic N) is 1. The predicted octanol–water partition coefficient (Wildman–Crippen LogP) is 1.79. The number of likely N-dealkylation sites (N-methyl/N-ethyl adjacent to an activating group) is 1. The quantitative estimate of drug-likeness (QED) is 0.432. The van der Waals surface area contributed by atoms with Crippen LogP contribution in [-0.2, 0) is 0 Å². The van der Waals surface area contributed by atoms with Crippen molar-refractivity contribution < 1.29 is 9.53 Å². The van der Waals surface area contributed by atoms with Crippen molar-refractivity contribution in [1.82, 2.24) is 10.3 Å². The van der Waals surface area contributed by atoms with Gasteiger partial charge in [0.25, 0.3) is 5.91 Å². The molecule has 5 heteroatoms. The highest BCUT2D eigenvalue weighted by atomic mass is 16.5. The number of carbonyl (C=O) groups is 1. The Kier molecular flexibility index (Phi) is 7.04. The Hall–Kier alpha value is -1.59. The zero-order valence-electron chi connectivity index (χ0n) is 12.6. The molecule has 1 amide bonds. The molecule has 20 heavy (non-hydrogen) atoms. The number of nitrogen functional groups attached to an aromatic ring is 1. The van der Waals surface area contributed by atoms with Gasteiger partial charge in [-0.25, -0.2) is 5.84 Å². The van der Waals surface area contributed by atoms with Crippen LogP contribution in [0.15, 0.2) is 24.3 Å². The average Bonchev–Trinajstić information content (AvgIpc) is 2.48. The lowest BCUT2D eigenvalue weighted by atomic mass is 10.1. The zero-order chi connectivity index (χ0) is 15.0. The Morgan fingerprint density at radius 3 is 2.70 bits per heavy atom. The topological polar surface area (TPSA) is 67.6 Å². The van der Waals surface area contributed by atoms with Crippen LogP contribution in [0.4, 0.5) is 0 Å². The van der Waals surface area contributed by atoms with Gasteiger partial charge in [-0.2, -0.15) is 0 Å². The molecule has 0 fully saturated rings. The highest BCUT2D eigenvalue weighted by Gasteiger charge is 2.10. The van der Waals surface area contributed by atoms with Gasteiger partial charge in [-0.05, 0) is 38.1 Å². The summed E-state index contributed by atoms with van der Waals surface area (Å²) in [7, 11) is 2.11. The van der Waals surface area contributed by atoms with Gasteiger partial charge < -0.3 is 9.64 Å². The minimum Gasteiger partial charge on any atom is -0.492 e. The first-order chi connectivity index (χ1) is 9.62.